The molecule has 1 aliphatic rings. The van der Waals surface area contributed by atoms with Crippen LogP contribution in [0.25, 0.3) is 0 Å². The molecule has 0 radical (unpaired) electrons. The summed E-state index contributed by atoms with van der Waals surface area (Å²) in [5.74, 6) is 0.305. The quantitative estimate of drug-likeness (QED) is 0.929. The van der Waals surface area contributed by atoms with Crippen molar-refractivity contribution in [3.63, 3.8) is 0 Å². The molecule has 24 heavy (non-hydrogen) atoms. The maximum atomic E-state index is 13.0. The summed E-state index contributed by atoms with van der Waals surface area (Å²) in [4.78, 5) is 14.9. The highest BCUT2D eigenvalue weighted by molar-refractivity contribution is 6.30. The van der Waals surface area contributed by atoms with Gasteiger partial charge in [-0.3, -0.25) is 9.48 Å². The van der Waals surface area contributed by atoms with Gasteiger partial charge in [0.1, 0.15) is 0 Å². The first-order valence-electron chi connectivity index (χ1n) is 8.28. The van der Waals surface area contributed by atoms with Crippen LogP contribution in [-0.2, 0) is 7.05 Å². The van der Waals surface area contributed by atoms with Gasteiger partial charge in [-0.15, -0.1) is 0 Å². The molecule has 2 aromatic rings. The maximum Gasteiger partial charge on any atom is 0.274 e. The number of piperazine rings is 1. The summed E-state index contributed by atoms with van der Waals surface area (Å²) in [6.07, 6.45) is 0. The molecule has 1 unspecified atom stereocenters. The molecule has 1 atom stereocenters. The fourth-order valence-electron chi connectivity index (χ4n) is 3.23. The molecule has 1 aromatic carbocycles. The van der Waals surface area contributed by atoms with Crippen molar-refractivity contribution >= 4 is 17.5 Å². The number of hydrogen-bond donors (Lipinski definition) is 1. The molecule has 1 saturated heterocycles. The number of benzene rings is 1. The zero-order valence-electron chi connectivity index (χ0n) is 14.3. The van der Waals surface area contributed by atoms with Crippen molar-refractivity contribution < 1.29 is 4.79 Å². The van der Waals surface area contributed by atoms with Gasteiger partial charge in [-0.05, 0) is 29.7 Å². The first kappa shape index (κ1) is 17.0. The van der Waals surface area contributed by atoms with Crippen LogP contribution in [0.15, 0.2) is 30.3 Å². The molecule has 0 spiro atoms. The van der Waals surface area contributed by atoms with Gasteiger partial charge in [0.25, 0.3) is 5.91 Å². The molecular weight excluding hydrogens is 324 g/mol. The predicted molar refractivity (Wildman–Crippen MR) is 95.4 cm³/mol. The first-order chi connectivity index (χ1) is 11.5. The normalized spacial score (nSPS) is 18.2. The van der Waals surface area contributed by atoms with Crippen LogP contribution in [0.1, 0.15) is 47.6 Å². The van der Waals surface area contributed by atoms with Crippen LogP contribution in [0.5, 0.6) is 0 Å². The molecule has 1 fully saturated rings. The zero-order chi connectivity index (χ0) is 17.3. The van der Waals surface area contributed by atoms with E-state index in [9.17, 15) is 4.79 Å². The van der Waals surface area contributed by atoms with Crippen molar-refractivity contribution in [2.75, 3.05) is 19.6 Å². The molecule has 0 saturated carbocycles. The number of nitrogens with one attached hydrogen (secondary N) is 1. The number of nitrogens with zero attached hydrogens (tertiary/aromatic N) is 3. The first-order valence-corrected chi connectivity index (χ1v) is 8.66. The van der Waals surface area contributed by atoms with Gasteiger partial charge in [-0.25, -0.2) is 0 Å². The third kappa shape index (κ3) is 3.32. The summed E-state index contributed by atoms with van der Waals surface area (Å²) in [6.45, 7) is 6.36. The van der Waals surface area contributed by atoms with E-state index in [-0.39, 0.29) is 11.9 Å². The van der Waals surface area contributed by atoms with E-state index in [1.807, 2.05) is 42.3 Å². The molecular formula is C18H23ClN4O. The summed E-state index contributed by atoms with van der Waals surface area (Å²) in [6, 6.07) is 9.59. The van der Waals surface area contributed by atoms with E-state index in [1.54, 1.807) is 4.68 Å². The maximum absolute atomic E-state index is 13.0. The summed E-state index contributed by atoms with van der Waals surface area (Å²) in [5, 5.41) is 8.48. The van der Waals surface area contributed by atoms with E-state index in [0.29, 0.717) is 23.2 Å². The molecule has 1 aromatic heterocycles. The minimum Gasteiger partial charge on any atom is -0.328 e. The van der Waals surface area contributed by atoms with Gasteiger partial charge in [0.15, 0.2) is 5.69 Å². The molecule has 1 aliphatic heterocycles. The van der Waals surface area contributed by atoms with Crippen molar-refractivity contribution in [2.24, 2.45) is 7.05 Å². The highest BCUT2D eigenvalue weighted by atomic mass is 35.5. The molecule has 1 amide bonds. The van der Waals surface area contributed by atoms with Gasteiger partial charge in [0, 0.05) is 37.4 Å². The Labute approximate surface area is 147 Å². The van der Waals surface area contributed by atoms with Gasteiger partial charge < -0.3 is 10.2 Å². The molecule has 3 rings (SSSR count). The van der Waals surface area contributed by atoms with E-state index in [2.05, 4.69) is 24.3 Å². The summed E-state index contributed by atoms with van der Waals surface area (Å²) >= 11 is 6.13. The molecule has 2 heterocycles. The van der Waals surface area contributed by atoms with Gasteiger partial charge in [0.05, 0.1) is 6.04 Å². The Balaban J connectivity index is 1.90. The minimum atomic E-state index is -0.0329. The summed E-state index contributed by atoms with van der Waals surface area (Å²) in [7, 11) is 1.89. The van der Waals surface area contributed by atoms with Crippen molar-refractivity contribution in [1.82, 2.24) is 20.0 Å². The van der Waals surface area contributed by atoms with Crippen LogP contribution in [0.4, 0.5) is 0 Å². The highest BCUT2D eigenvalue weighted by Crippen LogP contribution is 2.26. The Bertz CT molecular complexity index is 740. The van der Waals surface area contributed by atoms with Crippen LogP contribution in [0.3, 0.4) is 0 Å². The van der Waals surface area contributed by atoms with E-state index in [1.165, 1.54) is 0 Å². The molecule has 0 bridgehead atoms. The lowest BCUT2D eigenvalue weighted by molar-refractivity contribution is 0.0627. The number of aromatic nitrogens is 2. The molecule has 6 heteroatoms. The van der Waals surface area contributed by atoms with E-state index in [0.717, 1.165) is 24.3 Å². The number of amides is 1. The van der Waals surface area contributed by atoms with Crippen LogP contribution in [0, 0.1) is 0 Å². The number of halogens is 1. The number of aryl methyl sites for hydroxylation is 1. The van der Waals surface area contributed by atoms with Crippen molar-refractivity contribution in [3.8, 4) is 0 Å². The zero-order valence-corrected chi connectivity index (χ0v) is 15.0. The Hall–Kier alpha value is -1.85. The van der Waals surface area contributed by atoms with Crippen molar-refractivity contribution in [3.05, 3.63) is 52.3 Å². The van der Waals surface area contributed by atoms with Crippen LogP contribution in [0.2, 0.25) is 5.02 Å². The molecule has 1 N–H and O–H groups in total. The second kappa shape index (κ2) is 6.95. The Kier molecular flexibility index (Phi) is 4.92. The standard InChI is InChI=1S/C18H23ClN4O/c1-12(2)16-10-15(21-22(16)3)18(24)23-8-7-20-11-17(23)13-5-4-6-14(19)9-13/h4-6,9-10,12,17,20H,7-8,11H2,1-3H3. The SMILES string of the molecule is CC(C)c1cc(C(=O)N2CCNCC2c2cccc(Cl)c2)nn1C. The van der Waals surface area contributed by atoms with Crippen LogP contribution < -0.4 is 5.32 Å². The lowest BCUT2D eigenvalue weighted by Crippen LogP contribution is -2.48. The van der Waals surface area contributed by atoms with E-state index in [4.69, 9.17) is 11.6 Å². The average molecular weight is 347 g/mol. The van der Waals surface area contributed by atoms with Gasteiger partial charge in [-0.2, -0.15) is 5.10 Å². The minimum absolute atomic E-state index is 0.0241. The van der Waals surface area contributed by atoms with Crippen LogP contribution in [-0.4, -0.2) is 40.2 Å². The monoisotopic (exact) mass is 346 g/mol. The highest BCUT2D eigenvalue weighted by Gasteiger charge is 2.30. The van der Waals surface area contributed by atoms with Crippen molar-refractivity contribution in [1.29, 1.82) is 0 Å². The molecule has 5 nitrogen and oxygen atoms in total. The Morgan fingerprint density at radius 3 is 2.83 bits per heavy atom. The van der Waals surface area contributed by atoms with Crippen molar-refractivity contribution in [2.45, 2.75) is 25.8 Å². The van der Waals surface area contributed by atoms with Gasteiger partial charge in [0.2, 0.25) is 0 Å². The third-order valence-electron chi connectivity index (χ3n) is 4.46. The fraction of sp³-hybridized carbons (Fsp3) is 0.444. The predicted octanol–water partition coefficient (Wildman–Crippen LogP) is 2.98. The molecule has 0 aliphatic carbocycles. The number of hydrogen-bond acceptors (Lipinski definition) is 3. The fourth-order valence-corrected chi connectivity index (χ4v) is 3.43. The Morgan fingerprint density at radius 1 is 1.38 bits per heavy atom. The third-order valence-corrected chi connectivity index (χ3v) is 4.70. The second-order valence-corrected chi connectivity index (χ2v) is 6.94. The largest absolute Gasteiger partial charge is 0.328 e. The lowest BCUT2D eigenvalue weighted by Gasteiger charge is -2.36. The topological polar surface area (TPSA) is 50.2 Å². The smallest absolute Gasteiger partial charge is 0.274 e. The molecule has 128 valence electrons. The summed E-state index contributed by atoms with van der Waals surface area (Å²) in [5.41, 5.74) is 2.62. The van der Waals surface area contributed by atoms with E-state index < -0.39 is 0 Å². The van der Waals surface area contributed by atoms with E-state index >= 15 is 0 Å². The average Bonchev–Trinajstić information content (AvgIpc) is 2.96. The van der Waals surface area contributed by atoms with Gasteiger partial charge in [-0.1, -0.05) is 37.6 Å². The second-order valence-electron chi connectivity index (χ2n) is 6.51. The van der Waals surface area contributed by atoms with Gasteiger partial charge >= 0.3 is 0 Å². The van der Waals surface area contributed by atoms with Crippen LogP contribution >= 0.6 is 11.6 Å². The lowest BCUT2D eigenvalue weighted by atomic mass is 10.0. The number of rotatable bonds is 3. The summed E-state index contributed by atoms with van der Waals surface area (Å²) < 4.78 is 1.80. The number of carbonyl (C=O) groups is 1. The Morgan fingerprint density at radius 2 is 2.17 bits per heavy atom. The number of carbonyl (C=O) groups excluding carboxylic acids is 1.